The number of carbonyl (C=O) groups excluding carboxylic acids is 1. The number of nitrogens with one attached hydrogen (secondary N) is 1. The molecule has 1 unspecified atom stereocenters. The van der Waals surface area contributed by atoms with Gasteiger partial charge >= 0.3 is 0 Å². The van der Waals surface area contributed by atoms with E-state index in [9.17, 15) is 9.90 Å². The number of aryl methyl sites for hydroxylation is 1. The van der Waals surface area contributed by atoms with Gasteiger partial charge in [-0.15, -0.1) is 0 Å². The number of rotatable bonds is 6. The molecule has 0 fully saturated rings. The van der Waals surface area contributed by atoms with Gasteiger partial charge in [-0.3, -0.25) is 4.79 Å². The van der Waals surface area contributed by atoms with Crippen LogP contribution >= 0.6 is 0 Å². The zero-order valence-corrected chi connectivity index (χ0v) is 13.5. The second kappa shape index (κ2) is 7.15. The summed E-state index contributed by atoms with van der Waals surface area (Å²) in [5.74, 6) is 1.57. The van der Waals surface area contributed by atoms with E-state index in [4.69, 9.17) is 9.15 Å². The molecule has 1 heterocycles. The third kappa shape index (κ3) is 4.72. The predicted molar refractivity (Wildman–Crippen MR) is 88.1 cm³/mol. The summed E-state index contributed by atoms with van der Waals surface area (Å²) in [5.41, 5.74) is -0.402. The Kier molecular flexibility index (Phi) is 5.24. The molecule has 0 bridgehead atoms. The summed E-state index contributed by atoms with van der Waals surface area (Å²) in [6, 6.07) is 10.8. The molecule has 0 saturated carbocycles. The fraction of sp³-hybridized carbons (Fsp3) is 0.278. The number of benzene rings is 1. The van der Waals surface area contributed by atoms with Crippen molar-refractivity contribution in [1.82, 2.24) is 5.32 Å². The maximum Gasteiger partial charge on any atom is 0.244 e. The highest BCUT2D eigenvalue weighted by Crippen LogP contribution is 2.21. The standard InChI is InChI=1S/C18H21NO4/c1-13-7-9-16(23-13)18(2,21)12-19-17(20)10-8-14-5-4-6-15(11-14)22-3/h4-11,21H,12H2,1-3H3,(H,19,20)/b10-8+. The number of ether oxygens (including phenoxy) is 1. The molecule has 0 aliphatic heterocycles. The Morgan fingerprint density at radius 1 is 1.39 bits per heavy atom. The second-order valence-electron chi connectivity index (χ2n) is 5.51. The monoisotopic (exact) mass is 315 g/mol. The van der Waals surface area contributed by atoms with E-state index in [1.54, 1.807) is 39.2 Å². The van der Waals surface area contributed by atoms with E-state index in [-0.39, 0.29) is 12.5 Å². The number of methoxy groups -OCH3 is 1. The number of amides is 1. The van der Waals surface area contributed by atoms with E-state index in [0.29, 0.717) is 11.5 Å². The van der Waals surface area contributed by atoms with Crippen LogP contribution in [0.4, 0.5) is 0 Å². The molecule has 1 aromatic heterocycles. The molecule has 2 N–H and O–H groups in total. The predicted octanol–water partition coefficient (Wildman–Crippen LogP) is 2.63. The molecule has 0 spiro atoms. The van der Waals surface area contributed by atoms with Crippen LogP contribution in [-0.4, -0.2) is 24.7 Å². The van der Waals surface area contributed by atoms with E-state index in [1.165, 1.54) is 6.08 Å². The maximum absolute atomic E-state index is 11.9. The van der Waals surface area contributed by atoms with Gasteiger partial charge in [0.2, 0.25) is 5.91 Å². The van der Waals surface area contributed by atoms with E-state index in [0.717, 1.165) is 11.3 Å². The fourth-order valence-electron chi connectivity index (χ4n) is 2.05. The van der Waals surface area contributed by atoms with Gasteiger partial charge in [-0.2, -0.15) is 0 Å². The van der Waals surface area contributed by atoms with Gasteiger partial charge in [0.25, 0.3) is 0 Å². The summed E-state index contributed by atoms with van der Waals surface area (Å²) >= 11 is 0. The first-order valence-electron chi connectivity index (χ1n) is 7.30. The summed E-state index contributed by atoms with van der Waals surface area (Å²) in [6.45, 7) is 3.45. The molecule has 0 aliphatic carbocycles. The summed E-state index contributed by atoms with van der Waals surface area (Å²) < 4.78 is 10.5. The SMILES string of the molecule is COc1cccc(/C=C/C(=O)NCC(C)(O)c2ccc(C)o2)c1. The number of hydrogen-bond acceptors (Lipinski definition) is 4. The van der Waals surface area contributed by atoms with Crippen molar-refractivity contribution in [2.24, 2.45) is 0 Å². The zero-order valence-electron chi connectivity index (χ0n) is 13.5. The third-order valence-corrected chi connectivity index (χ3v) is 3.40. The van der Waals surface area contributed by atoms with Crippen molar-refractivity contribution in [2.75, 3.05) is 13.7 Å². The van der Waals surface area contributed by atoms with Crippen molar-refractivity contribution in [1.29, 1.82) is 0 Å². The van der Waals surface area contributed by atoms with Gasteiger partial charge in [0.1, 0.15) is 22.9 Å². The van der Waals surface area contributed by atoms with Crippen LogP contribution in [-0.2, 0) is 10.4 Å². The lowest BCUT2D eigenvalue weighted by Gasteiger charge is -2.20. The first-order valence-corrected chi connectivity index (χ1v) is 7.30. The van der Waals surface area contributed by atoms with Crippen molar-refractivity contribution in [2.45, 2.75) is 19.4 Å². The summed E-state index contributed by atoms with van der Waals surface area (Å²) in [7, 11) is 1.59. The molecule has 5 nitrogen and oxygen atoms in total. The fourth-order valence-corrected chi connectivity index (χ4v) is 2.05. The maximum atomic E-state index is 11.9. The van der Waals surface area contributed by atoms with Crippen LogP contribution in [0.15, 0.2) is 46.9 Å². The van der Waals surface area contributed by atoms with Gasteiger partial charge in [-0.05, 0) is 49.8 Å². The lowest BCUT2D eigenvalue weighted by atomic mass is 10.0. The molecule has 1 amide bonds. The molecule has 23 heavy (non-hydrogen) atoms. The van der Waals surface area contributed by atoms with E-state index >= 15 is 0 Å². The van der Waals surface area contributed by atoms with E-state index in [2.05, 4.69) is 5.32 Å². The molecule has 5 heteroatoms. The number of aliphatic hydroxyl groups is 1. The van der Waals surface area contributed by atoms with Crippen LogP contribution in [0.2, 0.25) is 0 Å². The minimum Gasteiger partial charge on any atom is -0.497 e. The Balaban J connectivity index is 1.93. The molecule has 2 aromatic rings. The first-order chi connectivity index (χ1) is 10.9. The van der Waals surface area contributed by atoms with Crippen LogP contribution in [0.25, 0.3) is 6.08 Å². The molecule has 122 valence electrons. The Morgan fingerprint density at radius 3 is 2.83 bits per heavy atom. The lowest BCUT2D eigenvalue weighted by Crippen LogP contribution is -2.37. The van der Waals surface area contributed by atoms with Gasteiger partial charge in [0, 0.05) is 6.08 Å². The normalized spacial score (nSPS) is 13.7. The molecule has 0 radical (unpaired) electrons. The van der Waals surface area contributed by atoms with Gasteiger partial charge in [-0.1, -0.05) is 12.1 Å². The van der Waals surface area contributed by atoms with Crippen LogP contribution < -0.4 is 10.1 Å². The van der Waals surface area contributed by atoms with Crippen molar-refractivity contribution in [3.63, 3.8) is 0 Å². The highest BCUT2D eigenvalue weighted by atomic mass is 16.5. The molecular formula is C18H21NO4. The third-order valence-electron chi connectivity index (χ3n) is 3.40. The van der Waals surface area contributed by atoms with Crippen molar-refractivity contribution >= 4 is 12.0 Å². The Bertz CT molecular complexity index is 701. The Morgan fingerprint density at radius 2 is 2.17 bits per heavy atom. The average molecular weight is 315 g/mol. The first kappa shape index (κ1) is 16.8. The number of carbonyl (C=O) groups is 1. The second-order valence-corrected chi connectivity index (χ2v) is 5.51. The van der Waals surface area contributed by atoms with Gasteiger partial charge in [0.15, 0.2) is 0 Å². The lowest BCUT2D eigenvalue weighted by molar-refractivity contribution is -0.117. The van der Waals surface area contributed by atoms with Gasteiger partial charge in [0.05, 0.1) is 13.7 Å². The summed E-state index contributed by atoms with van der Waals surface area (Å²) in [5, 5.41) is 13.0. The smallest absolute Gasteiger partial charge is 0.244 e. The number of hydrogen-bond donors (Lipinski definition) is 2. The molecule has 0 saturated heterocycles. The number of furan rings is 1. The van der Waals surface area contributed by atoms with E-state index < -0.39 is 5.60 Å². The Hall–Kier alpha value is -2.53. The van der Waals surface area contributed by atoms with Crippen molar-refractivity contribution in [3.05, 3.63) is 59.6 Å². The van der Waals surface area contributed by atoms with Crippen molar-refractivity contribution < 1.29 is 19.1 Å². The average Bonchev–Trinajstić information content (AvgIpc) is 2.98. The minimum atomic E-state index is -1.26. The zero-order chi connectivity index (χ0) is 16.9. The molecular weight excluding hydrogens is 294 g/mol. The van der Waals surface area contributed by atoms with Crippen molar-refractivity contribution in [3.8, 4) is 5.75 Å². The van der Waals surface area contributed by atoms with Crippen LogP contribution in [0.3, 0.4) is 0 Å². The van der Waals surface area contributed by atoms with Crippen LogP contribution in [0.1, 0.15) is 24.0 Å². The molecule has 1 aromatic carbocycles. The quantitative estimate of drug-likeness (QED) is 0.804. The molecule has 1 atom stereocenters. The Labute approximate surface area is 135 Å². The highest BCUT2D eigenvalue weighted by molar-refractivity contribution is 5.91. The van der Waals surface area contributed by atoms with Crippen LogP contribution in [0, 0.1) is 6.92 Å². The van der Waals surface area contributed by atoms with Gasteiger partial charge in [-0.25, -0.2) is 0 Å². The minimum absolute atomic E-state index is 0.0568. The summed E-state index contributed by atoms with van der Waals surface area (Å²) in [6.07, 6.45) is 3.10. The van der Waals surface area contributed by atoms with Gasteiger partial charge < -0.3 is 19.6 Å². The molecule has 0 aliphatic rings. The molecule has 2 rings (SSSR count). The van der Waals surface area contributed by atoms with Crippen LogP contribution in [0.5, 0.6) is 5.75 Å². The topological polar surface area (TPSA) is 71.7 Å². The largest absolute Gasteiger partial charge is 0.497 e. The summed E-state index contributed by atoms with van der Waals surface area (Å²) in [4.78, 5) is 11.9. The van der Waals surface area contributed by atoms with E-state index in [1.807, 2.05) is 24.3 Å². The highest BCUT2D eigenvalue weighted by Gasteiger charge is 2.27.